The Kier molecular flexibility index (Phi) is 5.79. The Morgan fingerprint density at radius 3 is 3.03 bits per heavy atom. The van der Waals surface area contributed by atoms with Gasteiger partial charge >= 0.3 is 0 Å². The predicted octanol–water partition coefficient (Wildman–Crippen LogP) is 4.27. The van der Waals surface area contributed by atoms with Crippen LogP contribution in [0.2, 0.25) is 0 Å². The second-order valence-corrected chi connectivity index (χ2v) is 9.86. The number of piperidine rings is 1. The molecule has 1 saturated heterocycles. The van der Waals surface area contributed by atoms with E-state index in [9.17, 15) is 8.42 Å². The standard InChI is InChI=1S/C20H22N4O3S2/c1-15-5-3-9-24(13-15)29(25,26)18-8-2-6-16(11-18)19-14-28-20(22-19)23-21-12-17-7-4-10-27-17/h2,4,6-8,10-12,14-15H,3,5,9,13H2,1H3,(H,22,23). The maximum Gasteiger partial charge on any atom is 0.243 e. The topological polar surface area (TPSA) is 87.8 Å². The summed E-state index contributed by atoms with van der Waals surface area (Å²) >= 11 is 1.40. The molecule has 29 heavy (non-hydrogen) atoms. The molecule has 0 aliphatic carbocycles. The minimum Gasteiger partial charge on any atom is -0.463 e. The Balaban J connectivity index is 1.51. The second-order valence-electron chi connectivity index (χ2n) is 7.06. The van der Waals surface area contributed by atoms with Crippen molar-refractivity contribution in [2.75, 3.05) is 18.5 Å². The molecule has 0 amide bonds. The van der Waals surface area contributed by atoms with Gasteiger partial charge < -0.3 is 4.42 Å². The van der Waals surface area contributed by atoms with Crippen LogP contribution in [-0.4, -0.2) is 37.0 Å². The van der Waals surface area contributed by atoms with E-state index in [0.717, 1.165) is 18.4 Å². The number of aromatic nitrogens is 1. The summed E-state index contributed by atoms with van der Waals surface area (Å²) < 4.78 is 32.9. The summed E-state index contributed by atoms with van der Waals surface area (Å²) in [6, 6.07) is 10.6. The molecular formula is C20H22N4O3S2. The molecule has 1 aromatic carbocycles. The third-order valence-electron chi connectivity index (χ3n) is 4.79. The molecule has 152 valence electrons. The fourth-order valence-corrected chi connectivity index (χ4v) is 5.62. The summed E-state index contributed by atoms with van der Waals surface area (Å²) in [5.41, 5.74) is 4.33. The molecule has 4 rings (SSSR count). The molecule has 0 bridgehead atoms. The van der Waals surface area contributed by atoms with Gasteiger partial charge in [-0.25, -0.2) is 13.4 Å². The van der Waals surface area contributed by atoms with Gasteiger partial charge in [0.25, 0.3) is 0 Å². The summed E-state index contributed by atoms with van der Waals surface area (Å²) in [5.74, 6) is 1.02. The van der Waals surface area contributed by atoms with Gasteiger partial charge in [0.15, 0.2) is 0 Å². The Hall–Kier alpha value is -2.49. The van der Waals surface area contributed by atoms with E-state index in [0.29, 0.717) is 40.5 Å². The lowest BCUT2D eigenvalue weighted by molar-refractivity contribution is 0.281. The normalized spacial score (nSPS) is 18.3. The molecule has 3 heterocycles. The monoisotopic (exact) mass is 430 g/mol. The molecule has 1 aliphatic heterocycles. The molecule has 7 nitrogen and oxygen atoms in total. The number of benzene rings is 1. The van der Waals surface area contributed by atoms with E-state index in [1.54, 1.807) is 47.1 Å². The van der Waals surface area contributed by atoms with E-state index >= 15 is 0 Å². The van der Waals surface area contributed by atoms with Crippen LogP contribution in [-0.2, 0) is 10.0 Å². The number of furan rings is 1. The molecule has 1 atom stereocenters. The number of nitrogens with zero attached hydrogens (tertiary/aromatic N) is 3. The van der Waals surface area contributed by atoms with Crippen molar-refractivity contribution >= 4 is 32.7 Å². The number of hydrazone groups is 1. The van der Waals surface area contributed by atoms with E-state index in [-0.39, 0.29) is 0 Å². The summed E-state index contributed by atoms with van der Waals surface area (Å²) in [4.78, 5) is 4.81. The first kappa shape index (κ1) is 19.8. The smallest absolute Gasteiger partial charge is 0.243 e. The lowest BCUT2D eigenvalue weighted by atomic mass is 10.0. The van der Waals surface area contributed by atoms with E-state index in [4.69, 9.17) is 4.42 Å². The number of rotatable bonds is 6. The molecule has 0 spiro atoms. The van der Waals surface area contributed by atoms with Crippen LogP contribution in [0.25, 0.3) is 11.3 Å². The third-order valence-corrected chi connectivity index (χ3v) is 7.39. The Morgan fingerprint density at radius 2 is 2.24 bits per heavy atom. The highest BCUT2D eigenvalue weighted by atomic mass is 32.2. The fourth-order valence-electron chi connectivity index (χ4n) is 3.30. The maximum absolute atomic E-state index is 13.0. The number of hydrogen-bond acceptors (Lipinski definition) is 7. The van der Waals surface area contributed by atoms with Crippen molar-refractivity contribution in [1.82, 2.24) is 9.29 Å². The van der Waals surface area contributed by atoms with Gasteiger partial charge in [-0.2, -0.15) is 9.41 Å². The Labute approximate surface area is 174 Å². The SMILES string of the molecule is CC1CCCN(S(=O)(=O)c2cccc(-c3csc(NN=Cc4ccco4)n3)c2)C1. The zero-order chi connectivity index (χ0) is 20.3. The van der Waals surface area contributed by atoms with Crippen LogP contribution in [0, 0.1) is 5.92 Å². The van der Waals surface area contributed by atoms with Crippen molar-refractivity contribution in [2.24, 2.45) is 11.0 Å². The number of nitrogens with one attached hydrogen (secondary N) is 1. The number of sulfonamides is 1. The average Bonchev–Trinajstić information content (AvgIpc) is 3.40. The van der Waals surface area contributed by atoms with Gasteiger partial charge in [0.2, 0.25) is 15.2 Å². The minimum absolute atomic E-state index is 0.308. The zero-order valence-corrected chi connectivity index (χ0v) is 17.6. The molecule has 9 heteroatoms. The quantitative estimate of drug-likeness (QED) is 0.466. The molecule has 1 N–H and O–H groups in total. The second kappa shape index (κ2) is 8.48. The van der Waals surface area contributed by atoms with Gasteiger partial charge in [0.1, 0.15) is 5.76 Å². The summed E-state index contributed by atoms with van der Waals surface area (Å²) in [6.45, 7) is 3.25. The molecule has 2 aromatic heterocycles. The van der Waals surface area contributed by atoms with E-state index in [2.05, 4.69) is 22.4 Å². The molecule has 1 fully saturated rings. The van der Waals surface area contributed by atoms with Crippen LogP contribution in [0.1, 0.15) is 25.5 Å². The highest BCUT2D eigenvalue weighted by Crippen LogP contribution is 2.29. The highest BCUT2D eigenvalue weighted by molar-refractivity contribution is 7.89. The fraction of sp³-hybridized carbons (Fsp3) is 0.300. The molecule has 3 aromatic rings. The highest BCUT2D eigenvalue weighted by Gasteiger charge is 2.28. The first-order valence-corrected chi connectivity index (χ1v) is 11.7. The summed E-state index contributed by atoms with van der Waals surface area (Å²) in [7, 11) is -3.50. The summed E-state index contributed by atoms with van der Waals surface area (Å²) in [5, 5.41) is 6.58. The van der Waals surface area contributed by atoms with Crippen molar-refractivity contribution in [3.63, 3.8) is 0 Å². The van der Waals surface area contributed by atoms with Crippen molar-refractivity contribution < 1.29 is 12.8 Å². The minimum atomic E-state index is -3.50. The van der Waals surface area contributed by atoms with Crippen LogP contribution in [0.15, 0.2) is 62.5 Å². The summed E-state index contributed by atoms with van der Waals surface area (Å²) in [6.07, 6.45) is 5.12. The van der Waals surface area contributed by atoms with Crippen LogP contribution < -0.4 is 5.43 Å². The third kappa shape index (κ3) is 4.58. The first-order valence-electron chi connectivity index (χ1n) is 9.41. The Bertz CT molecular complexity index is 1090. The van der Waals surface area contributed by atoms with Crippen LogP contribution in [0.5, 0.6) is 0 Å². The zero-order valence-electron chi connectivity index (χ0n) is 16.0. The number of hydrogen-bond donors (Lipinski definition) is 1. The van der Waals surface area contributed by atoms with Crippen LogP contribution in [0.4, 0.5) is 5.13 Å². The van der Waals surface area contributed by atoms with Crippen molar-refractivity contribution in [2.45, 2.75) is 24.7 Å². The van der Waals surface area contributed by atoms with Crippen LogP contribution in [0.3, 0.4) is 0 Å². The first-order chi connectivity index (χ1) is 14.0. The van der Waals surface area contributed by atoms with Gasteiger partial charge in [-0.15, -0.1) is 11.3 Å². The van der Waals surface area contributed by atoms with Crippen molar-refractivity contribution in [3.05, 3.63) is 53.8 Å². The van der Waals surface area contributed by atoms with Gasteiger partial charge in [-0.1, -0.05) is 19.1 Å². The predicted molar refractivity (Wildman–Crippen MR) is 115 cm³/mol. The van der Waals surface area contributed by atoms with Crippen LogP contribution >= 0.6 is 11.3 Å². The van der Waals surface area contributed by atoms with Gasteiger partial charge in [0, 0.05) is 24.0 Å². The van der Waals surface area contributed by atoms with Crippen molar-refractivity contribution in [1.29, 1.82) is 0 Å². The largest absolute Gasteiger partial charge is 0.463 e. The number of thiazole rings is 1. The van der Waals surface area contributed by atoms with E-state index < -0.39 is 10.0 Å². The van der Waals surface area contributed by atoms with Gasteiger partial charge in [-0.05, 0) is 43.0 Å². The molecule has 0 radical (unpaired) electrons. The lowest BCUT2D eigenvalue weighted by Crippen LogP contribution is -2.39. The maximum atomic E-state index is 13.0. The van der Waals surface area contributed by atoms with E-state index in [1.165, 1.54) is 11.3 Å². The molecule has 1 unspecified atom stereocenters. The lowest BCUT2D eigenvalue weighted by Gasteiger charge is -2.30. The van der Waals surface area contributed by atoms with E-state index in [1.807, 2.05) is 11.4 Å². The Morgan fingerprint density at radius 1 is 1.34 bits per heavy atom. The molecular weight excluding hydrogens is 408 g/mol. The number of anilines is 1. The average molecular weight is 431 g/mol. The molecule has 0 saturated carbocycles. The molecule has 1 aliphatic rings. The van der Waals surface area contributed by atoms with Gasteiger partial charge in [0.05, 0.1) is 23.1 Å². The van der Waals surface area contributed by atoms with Gasteiger partial charge in [-0.3, -0.25) is 5.43 Å². The van der Waals surface area contributed by atoms with Crippen molar-refractivity contribution in [3.8, 4) is 11.3 Å².